The van der Waals surface area contributed by atoms with Crippen molar-refractivity contribution >= 4 is 11.8 Å². The summed E-state index contributed by atoms with van der Waals surface area (Å²) in [5.74, 6) is 0.922. The number of methoxy groups -OCH3 is 1. The van der Waals surface area contributed by atoms with Gasteiger partial charge in [0, 0.05) is 31.7 Å². The van der Waals surface area contributed by atoms with Crippen LogP contribution in [0.3, 0.4) is 0 Å². The lowest BCUT2D eigenvalue weighted by molar-refractivity contribution is -0.130. The largest absolute Gasteiger partial charge is 0.497 e. The Morgan fingerprint density at radius 3 is 2.23 bits per heavy atom. The van der Waals surface area contributed by atoms with Gasteiger partial charge in [-0.05, 0) is 36.2 Å². The molecule has 0 radical (unpaired) electrons. The molecule has 136 valence electrons. The molecule has 0 saturated carbocycles. The number of rotatable bonds is 4. The molecule has 5 nitrogen and oxygen atoms in total. The minimum atomic E-state index is 0.0371. The smallest absolute Gasteiger partial charge is 0.253 e. The molecule has 0 atom stereocenters. The fraction of sp³-hybridized carbons (Fsp3) is 0.333. The van der Waals surface area contributed by atoms with E-state index in [1.165, 1.54) is 0 Å². The van der Waals surface area contributed by atoms with Crippen molar-refractivity contribution in [2.24, 2.45) is 0 Å². The number of amides is 2. The number of ether oxygens (including phenoxy) is 1. The Morgan fingerprint density at radius 1 is 0.885 bits per heavy atom. The van der Waals surface area contributed by atoms with Crippen molar-refractivity contribution in [2.45, 2.75) is 12.8 Å². The van der Waals surface area contributed by atoms with Crippen LogP contribution in [0.5, 0.6) is 5.75 Å². The fourth-order valence-corrected chi connectivity index (χ4v) is 3.16. The first-order chi connectivity index (χ1) is 12.7. The van der Waals surface area contributed by atoms with E-state index < -0.39 is 0 Å². The molecule has 2 aromatic carbocycles. The molecule has 1 saturated heterocycles. The summed E-state index contributed by atoms with van der Waals surface area (Å²) in [6.45, 7) is 2.52. The summed E-state index contributed by atoms with van der Waals surface area (Å²) in [5, 5.41) is 0. The summed E-state index contributed by atoms with van der Waals surface area (Å²) in [7, 11) is 1.62. The van der Waals surface area contributed by atoms with E-state index in [0.717, 1.165) is 17.7 Å². The van der Waals surface area contributed by atoms with Gasteiger partial charge in [-0.25, -0.2) is 0 Å². The van der Waals surface area contributed by atoms with Gasteiger partial charge >= 0.3 is 0 Å². The lowest BCUT2D eigenvalue weighted by Gasteiger charge is -2.22. The van der Waals surface area contributed by atoms with Crippen molar-refractivity contribution in [1.82, 2.24) is 9.80 Å². The van der Waals surface area contributed by atoms with Gasteiger partial charge in [-0.15, -0.1) is 0 Å². The van der Waals surface area contributed by atoms with Crippen LogP contribution >= 0.6 is 0 Å². The zero-order valence-corrected chi connectivity index (χ0v) is 15.1. The van der Waals surface area contributed by atoms with Crippen molar-refractivity contribution in [2.75, 3.05) is 33.3 Å². The van der Waals surface area contributed by atoms with Gasteiger partial charge in [0.15, 0.2) is 0 Å². The monoisotopic (exact) mass is 352 g/mol. The highest BCUT2D eigenvalue weighted by Gasteiger charge is 2.22. The molecule has 0 spiro atoms. The molecule has 2 amide bonds. The van der Waals surface area contributed by atoms with Crippen LogP contribution < -0.4 is 4.74 Å². The Balaban J connectivity index is 1.57. The lowest BCUT2D eigenvalue weighted by Crippen LogP contribution is -2.38. The molecule has 0 aromatic heterocycles. The molecular formula is C21H24N2O3. The van der Waals surface area contributed by atoms with Crippen molar-refractivity contribution in [1.29, 1.82) is 0 Å². The maximum absolute atomic E-state index is 12.6. The molecule has 3 rings (SSSR count). The number of hydrogen-bond donors (Lipinski definition) is 0. The van der Waals surface area contributed by atoms with Crippen LogP contribution in [0.25, 0.3) is 0 Å². The maximum atomic E-state index is 12.6. The van der Waals surface area contributed by atoms with Gasteiger partial charge in [0.05, 0.1) is 13.5 Å². The van der Waals surface area contributed by atoms with E-state index in [1.54, 1.807) is 7.11 Å². The van der Waals surface area contributed by atoms with Gasteiger partial charge in [0.2, 0.25) is 5.91 Å². The zero-order valence-electron chi connectivity index (χ0n) is 15.1. The van der Waals surface area contributed by atoms with Crippen molar-refractivity contribution in [3.8, 4) is 5.75 Å². The second-order valence-electron chi connectivity index (χ2n) is 6.42. The second kappa shape index (κ2) is 8.52. The molecule has 26 heavy (non-hydrogen) atoms. The average molecular weight is 352 g/mol. The van der Waals surface area contributed by atoms with Gasteiger partial charge in [-0.1, -0.05) is 30.3 Å². The number of nitrogens with zero attached hydrogens (tertiary/aromatic N) is 2. The number of benzene rings is 2. The predicted molar refractivity (Wildman–Crippen MR) is 100 cm³/mol. The van der Waals surface area contributed by atoms with E-state index in [1.807, 2.05) is 64.4 Å². The van der Waals surface area contributed by atoms with Gasteiger partial charge in [0.25, 0.3) is 5.91 Å². The lowest BCUT2D eigenvalue weighted by atomic mass is 10.1. The third-order valence-electron chi connectivity index (χ3n) is 4.67. The summed E-state index contributed by atoms with van der Waals surface area (Å²) in [6, 6.07) is 16.9. The van der Waals surface area contributed by atoms with Gasteiger partial charge in [-0.3, -0.25) is 9.59 Å². The highest BCUT2D eigenvalue weighted by molar-refractivity contribution is 5.94. The van der Waals surface area contributed by atoms with E-state index in [9.17, 15) is 9.59 Å². The Morgan fingerprint density at radius 2 is 1.54 bits per heavy atom. The zero-order chi connectivity index (χ0) is 18.4. The van der Waals surface area contributed by atoms with E-state index in [0.29, 0.717) is 38.2 Å². The van der Waals surface area contributed by atoms with Crippen LogP contribution in [0.4, 0.5) is 0 Å². The topological polar surface area (TPSA) is 49.9 Å². The molecule has 1 aliphatic heterocycles. The van der Waals surface area contributed by atoms with E-state index in [4.69, 9.17) is 4.74 Å². The van der Waals surface area contributed by atoms with Crippen LogP contribution in [0.1, 0.15) is 22.3 Å². The molecular weight excluding hydrogens is 328 g/mol. The van der Waals surface area contributed by atoms with Gasteiger partial charge in [-0.2, -0.15) is 0 Å². The summed E-state index contributed by atoms with van der Waals surface area (Å²) in [5.41, 5.74) is 1.67. The van der Waals surface area contributed by atoms with Crippen molar-refractivity contribution < 1.29 is 14.3 Å². The van der Waals surface area contributed by atoms with Crippen molar-refractivity contribution in [3.63, 3.8) is 0 Å². The van der Waals surface area contributed by atoms with Crippen LogP contribution in [0, 0.1) is 0 Å². The first-order valence-corrected chi connectivity index (χ1v) is 8.92. The summed E-state index contributed by atoms with van der Waals surface area (Å²) >= 11 is 0. The number of hydrogen-bond acceptors (Lipinski definition) is 3. The first kappa shape index (κ1) is 18.0. The third kappa shape index (κ3) is 4.42. The molecule has 1 heterocycles. The Labute approximate surface area is 154 Å². The molecule has 2 aromatic rings. The highest BCUT2D eigenvalue weighted by Crippen LogP contribution is 2.14. The molecule has 1 fully saturated rings. The summed E-state index contributed by atoms with van der Waals surface area (Å²) in [4.78, 5) is 28.9. The third-order valence-corrected chi connectivity index (χ3v) is 4.67. The van der Waals surface area contributed by atoms with Crippen LogP contribution in [0.15, 0.2) is 54.6 Å². The van der Waals surface area contributed by atoms with Gasteiger partial charge in [0.1, 0.15) is 5.75 Å². The average Bonchev–Trinajstić information content (AvgIpc) is 2.95. The highest BCUT2D eigenvalue weighted by atomic mass is 16.5. The van der Waals surface area contributed by atoms with E-state index in [-0.39, 0.29) is 11.8 Å². The van der Waals surface area contributed by atoms with E-state index in [2.05, 4.69) is 0 Å². The summed E-state index contributed by atoms with van der Waals surface area (Å²) in [6.07, 6.45) is 1.17. The molecule has 0 unspecified atom stereocenters. The Hall–Kier alpha value is -2.82. The molecule has 0 bridgehead atoms. The van der Waals surface area contributed by atoms with Gasteiger partial charge < -0.3 is 14.5 Å². The first-order valence-electron chi connectivity index (χ1n) is 8.92. The normalized spacial score (nSPS) is 14.7. The predicted octanol–water partition coefficient (Wildman–Crippen LogP) is 2.61. The minimum Gasteiger partial charge on any atom is -0.497 e. The number of carbonyl (C=O) groups excluding carboxylic acids is 2. The molecule has 0 N–H and O–H groups in total. The Bertz CT molecular complexity index is 744. The maximum Gasteiger partial charge on any atom is 0.253 e. The fourth-order valence-electron chi connectivity index (χ4n) is 3.16. The quantitative estimate of drug-likeness (QED) is 0.850. The van der Waals surface area contributed by atoms with Crippen LogP contribution in [-0.4, -0.2) is 54.9 Å². The Kier molecular flexibility index (Phi) is 5.89. The minimum absolute atomic E-state index is 0.0371. The summed E-state index contributed by atoms with van der Waals surface area (Å²) < 4.78 is 5.14. The second-order valence-corrected chi connectivity index (χ2v) is 6.42. The molecule has 1 aliphatic rings. The van der Waals surface area contributed by atoms with E-state index >= 15 is 0 Å². The van der Waals surface area contributed by atoms with Crippen LogP contribution in [0.2, 0.25) is 0 Å². The SMILES string of the molecule is COc1ccc(CC(=O)N2CCCN(C(=O)c3ccccc3)CC2)cc1. The standard InChI is InChI=1S/C21H24N2O3/c1-26-19-10-8-17(9-11-19)16-20(24)22-12-5-13-23(15-14-22)21(25)18-6-3-2-4-7-18/h2-4,6-11H,5,12-16H2,1H3. The van der Waals surface area contributed by atoms with Crippen LogP contribution in [-0.2, 0) is 11.2 Å². The molecule has 5 heteroatoms. The number of carbonyl (C=O) groups is 2. The van der Waals surface area contributed by atoms with Crippen molar-refractivity contribution in [3.05, 3.63) is 65.7 Å². The molecule has 0 aliphatic carbocycles.